The summed E-state index contributed by atoms with van der Waals surface area (Å²) in [6.45, 7) is 1.77. The molecule has 0 radical (unpaired) electrons. The highest BCUT2D eigenvalue weighted by atomic mass is 16.3. The van der Waals surface area contributed by atoms with Gasteiger partial charge in [0, 0.05) is 6.42 Å². The summed E-state index contributed by atoms with van der Waals surface area (Å²) < 4.78 is 0. The number of amides is 1. The van der Waals surface area contributed by atoms with Gasteiger partial charge in [0.1, 0.15) is 5.60 Å². The van der Waals surface area contributed by atoms with E-state index in [-0.39, 0.29) is 11.9 Å². The van der Waals surface area contributed by atoms with Crippen molar-refractivity contribution in [2.45, 2.75) is 56.8 Å². The van der Waals surface area contributed by atoms with Crippen LogP contribution in [0.1, 0.15) is 38.2 Å². The van der Waals surface area contributed by atoms with E-state index >= 15 is 0 Å². The van der Waals surface area contributed by atoms with Gasteiger partial charge < -0.3 is 15.5 Å². The van der Waals surface area contributed by atoms with Gasteiger partial charge in [-0.25, -0.2) is 0 Å². The van der Waals surface area contributed by atoms with Gasteiger partial charge in [-0.1, -0.05) is 30.3 Å². The van der Waals surface area contributed by atoms with Crippen LogP contribution in [0.5, 0.6) is 0 Å². The molecule has 20 heavy (non-hydrogen) atoms. The smallest absolute Gasteiger partial charge is 0.252 e. The first-order valence-electron chi connectivity index (χ1n) is 7.26. The zero-order valence-electron chi connectivity index (χ0n) is 11.9. The number of rotatable bonds is 5. The number of carbonyl (C=O) groups is 1. The van der Waals surface area contributed by atoms with E-state index in [9.17, 15) is 15.0 Å². The Labute approximate surface area is 119 Å². The summed E-state index contributed by atoms with van der Waals surface area (Å²) in [6, 6.07) is 9.28. The van der Waals surface area contributed by atoms with E-state index in [1.165, 1.54) is 0 Å². The second-order valence-corrected chi connectivity index (χ2v) is 5.76. The van der Waals surface area contributed by atoms with E-state index in [0.717, 1.165) is 18.4 Å². The minimum Gasteiger partial charge on any atom is -0.391 e. The van der Waals surface area contributed by atoms with E-state index in [0.29, 0.717) is 19.3 Å². The fraction of sp³-hybridized carbons (Fsp3) is 0.562. The van der Waals surface area contributed by atoms with Crippen molar-refractivity contribution >= 4 is 5.91 Å². The second-order valence-electron chi connectivity index (χ2n) is 5.76. The normalized spacial score (nSPS) is 20.4. The zero-order chi connectivity index (χ0) is 14.6. The lowest BCUT2D eigenvalue weighted by atomic mass is 9.99. The predicted octanol–water partition coefficient (Wildman–Crippen LogP) is 1.40. The zero-order valence-corrected chi connectivity index (χ0v) is 11.9. The summed E-state index contributed by atoms with van der Waals surface area (Å²) >= 11 is 0. The van der Waals surface area contributed by atoms with Crippen molar-refractivity contribution in [3.05, 3.63) is 35.9 Å². The molecule has 0 aromatic heterocycles. The topological polar surface area (TPSA) is 69.6 Å². The maximum Gasteiger partial charge on any atom is 0.252 e. The molecule has 1 saturated carbocycles. The Kier molecular flexibility index (Phi) is 4.78. The van der Waals surface area contributed by atoms with Gasteiger partial charge >= 0.3 is 0 Å². The average Bonchev–Trinajstić information content (AvgIpc) is 2.88. The van der Waals surface area contributed by atoms with Crippen LogP contribution < -0.4 is 5.32 Å². The average molecular weight is 277 g/mol. The van der Waals surface area contributed by atoms with Gasteiger partial charge in [0.2, 0.25) is 0 Å². The van der Waals surface area contributed by atoms with Gasteiger partial charge in [0.15, 0.2) is 0 Å². The second kappa shape index (κ2) is 6.37. The third-order valence-corrected chi connectivity index (χ3v) is 4.08. The molecule has 2 atom stereocenters. The molecule has 0 bridgehead atoms. The number of nitrogens with one attached hydrogen (secondary N) is 1. The van der Waals surface area contributed by atoms with Crippen LogP contribution in [0, 0.1) is 0 Å². The molecule has 1 aliphatic carbocycles. The molecule has 0 heterocycles. The van der Waals surface area contributed by atoms with Gasteiger partial charge in [-0.3, -0.25) is 4.79 Å². The van der Waals surface area contributed by atoms with Crippen LogP contribution in [0.25, 0.3) is 0 Å². The highest BCUT2D eigenvalue weighted by Gasteiger charge is 2.39. The molecule has 3 N–H and O–H groups in total. The molecule has 1 aromatic carbocycles. The standard InChI is InChI=1S/C16H23NO3/c1-12(14(18)11-13-7-3-2-4-8-13)17-15(19)16(20)9-5-6-10-16/h2-4,7-8,12,14,18,20H,5-6,9-11H2,1H3,(H,17,19). The van der Waals surface area contributed by atoms with Crippen LogP contribution in [0.4, 0.5) is 0 Å². The molecule has 2 unspecified atom stereocenters. The van der Waals surface area contributed by atoms with Gasteiger partial charge in [-0.2, -0.15) is 0 Å². The summed E-state index contributed by atoms with van der Waals surface area (Å²) in [5.74, 6) is -0.352. The Morgan fingerprint density at radius 1 is 1.30 bits per heavy atom. The first-order chi connectivity index (χ1) is 9.51. The summed E-state index contributed by atoms with van der Waals surface area (Å²) in [7, 11) is 0. The lowest BCUT2D eigenvalue weighted by Gasteiger charge is -2.26. The molecule has 1 amide bonds. The molecule has 1 aromatic rings. The molecule has 0 saturated heterocycles. The lowest BCUT2D eigenvalue weighted by Crippen LogP contribution is -2.51. The van der Waals surface area contributed by atoms with Crippen LogP contribution in [0.3, 0.4) is 0 Å². The Morgan fingerprint density at radius 2 is 1.90 bits per heavy atom. The van der Waals surface area contributed by atoms with E-state index in [2.05, 4.69) is 5.32 Å². The quantitative estimate of drug-likeness (QED) is 0.762. The SMILES string of the molecule is CC(NC(=O)C1(O)CCCC1)C(O)Cc1ccccc1. The number of hydrogen-bond donors (Lipinski definition) is 3. The fourth-order valence-electron chi connectivity index (χ4n) is 2.66. The Balaban J connectivity index is 1.87. The molecule has 0 spiro atoms. The fourth-order valence-corrected chi connectivity index (χ4v) is 2.66. The molecule has 0 aliphatic heterocycles. The summed E-state index contributed by atoms with van der Waals surface area (Å²) in [5.41, 5.74) is -0.207. The molecular weight excluding hydrogens is 254 g/mol. The molecule has 4 nitrogen and oxygen atoms in total. The third-order valence-electron chi connectivity index (χ3n) is 4.08. The number of benzene rings is 1. The Hall–Kier alpha value is -1.39. The maximum atomic E-state index is 12.1. The summed E-state index contributed by atoms with van der Waals surface area (Å²) in [6.07, 6.45) is 2.61. The summed E-state index contributed by atoms with van der Waals surface area (Å²) in [5, 5.41) is 23.1. The van der Waals surface area contributed by atoms with E-state index in [1.807, 2.05) is 30.3 Å². The largest absolute Gasteiger partial charge is 0.391 e. The first kappa shape index (κ1) is 15.0. The van der Waals surface area contributed by atoms with Gasteiger partial charge in [-0.05, 0) is 38.2 Å². The lowest BCUT2D eigenvalue weighted by molar-refractivity contribution is -0.140. The highest BCUT2D eigenvalue weighted by molar-refractivity contribution is 5.85. The van der Waals surface area contributed by atoms with Crippen molar-refractivity contribution in [1.29, 1.82) is 0 Å². The van der Waals surface area contributed by atoms with Gasteiger partial charge in [0.05, 0.1) is 12.1 Å². The minimum atomic E-state index is -1.24. The number of carbonyl (C=O) groups excluding carboxylic acids is 1. The molecule has 1 aliphatic rings. The van der Waals surface area contributed by atoms with Crippen molar-refractivity contribution in [1.82, 2.24) is 5.32 Å². The van der Waals surface area contributed by atoms with Crippen LogP contribution in [0.15, 0.2) is 30.3 Å². The van der Waals surface area contributed by atoms with Crippen molar-refractivity contribution in [2.75, 3.05) is 0 Å². The third kappa shape index (κ3) is 3.58. The number of aliphatic hydroxyl groups excluding tert-OH is 1. The van der Waals surface area contributed by atoms with Crippen molar-refractivity contribution in [3.8, 4) is 0 Å². The number of hydrogen-bond acceptors (Lipinski definition) is 3. The Bertz CT molecular complexity index is 440. The van der Waals surface area contributed by atoms with Crippen molar-refractivity contribution < 1.29 is 15.0 Å². The van der Waals surface area contributed by atoms with E-state index in [4.69, 9.17) is 0 Å². The highest BCUT2D eigenvalue weighted by Crippen LogP contribution is 2.29. The van der Waals surface area contributed by atoms with Gasteiger partial charge in [0.25, 0.3) is 5.91 Å². The van der Waals surface area contributed by atoms with Gasteiger partial charge in [-0.15, -0.1) is 0 Å². The number of aliphatic hydroxyl groups is 2. The van der Waals surface area contributed by atoms with Crippen molar-refractivity contribution in [2.24, 2.45) is 0 Å². The monoisotopic (exact) mass is 277 g/mol. The minimum absolute atomic E-state index is 0.352. The molecule has 1 fully saturated rings. The van der Waals surface area contributed by atoms with Crippen LogP contribution in [-0.4, -0.2) is 33.9 Å². The van der Waals surface area contributed by atoms with Crippen LogP contribution in [0.2, 0.25) is 0 Å². The van der Waals surface area contributed by atoms with Crippen molar-refractivity contribution in [3.63, 3.8) is 0 Å². The molecule has 4 heteroatoms. The van der Waals surface area contributed by atoms with E-state index < -0.39 is 11.7 Å². The van der Waals surface area contributed by atoms with Crippen LogP contribution >= 0.6 is 0 Å². The molecule has 110 valence electrons. The van der Waals surface area contributed by atoms with Crippen LogP contribution in [-0.2, 0) is 11.2 Å². The Morgan fingerprint density at radius 3 is 2.50 bits per heavy atom. The predicted molar refractivity (Wildman–Crippen MR) is 77.2 cm³/mol. The first-order valence-corrected chi connectivity index (χ1v) is 7.26. The maximum absolute atomic E-state index is 12.1. The summed E-state index contributed by atoms with van der Waals surface area (Å²) in [4.78, 5) is 12.1. The molecular formula is C16H23NO3. The van der Waals surface area contributed by atoms with E-state index in [1.54, 1.807) is 6.92 Å². The molecule has 2 rings (SSSR count).